The van der Waals surface area contributed by atoms with Gasteiger partial charge in [-0.1, -0.05) is 13.8 Å². The van der Waals surface area contributed by atoms with Crippen LogP contribution in [0, 0.1) is 5.92 Å². The highest BCUT2D eigenvalue weighted by atomic mass is 16.2. The average molecular weight is 261 g/mol. The second kappa shape index (κ2) is 6.66. The van der Waals surface area contributed by atoms with Crippen LogP contribution in [0.5, 0.6) is 0 Å². The summed E-state index contributed by atoms with van der Waals surface area (Å²) in [6.07, 6.45) is 5.48. The summed E-state index contributed by atoms with van der Waals surface area (Å²) in [5, 5.41) is 3.54. The van der Waals surface area contributed by atoms with Crippen molar-refractivity contribution in [1.29, 1.82) is 0 Å². The van der Waals surface area contributed by atoms with E-state index in [9.17, 15) is 4.79 Å². The van der Waals surface area contributed by atoms with Gasteiger partial charge in [0, 0.05) is 37.1 Å². The van der Waals surface area contributed by atoms with E-state index in [1.165, 1.54) is 0 Å². The fraction of sp³-hybridized carbons (Fsp3) is 0.600. The Hall–Kier alpha value is -1.42. The van der Waals surface area contributed by atoms with Gasteiger partial charge in [-0.15, -0.1) is 0 Å². The minimum absolute atomic E-state index is 0.125. The lowest BCUT2D eigenvalue weighted by molar-refractivity contribution is 0.0749. The first-order chi connectivity index (χ1) is 9.16. The quantitative estimate of drug-likeness (QED) is 0.904. The number of pyridine rings is 1. The van der Waals surface area contributed by atoms with Crippen molar-refractivity contribution < 1.29 is 4.79 Å². The number of amides is 1. The first-order valence-corrected chi connectivity index (χ1v) is 7.09. The van der Waals surface area contributed by atoms with Gasteiger partial charge < -0.3 is 10.2 Å². The number of nitrogens with zero attached hydrogens (tertiary/aromatic N) is 2. The molecule has 1 amide bonds. The third kappa shape index (κ3) is 4.03. The summed E-state index contributed by atoms with van der Waals surface area (Å²) in [5.41, 5.74) is 0.736. The van der Waals surface area contributed by atoms with Gasteiger partial charge >= 0.3 is 0 Å². The van der Waals surface area contributed by atoms with Gasteiger partial charge in [-0.25, -0.2) is 0 Å². The van der Waals surface area contributed by atoms with E-state index in [1.807, 2.05) is 4.90 Å². The van der Waals surface area contributed by atoms with Crippen LogP contribution in [0.15, 0.2) is 24.5 Å². The lowest BCUT2D eigenvalue weighted by Gasteiger charge is -2.25. The highest BCUT2D eigenvalue weighted by molar-refractivity contribution is 5.94. The Morgan fingerprint density at radius 2 is 2.21 bits per heavy atom. The first-order valence-electron chi connectivity index (χ1n) is 7.09. The SMILES string of the molecule is CC(C)CC1CN(C(=O)c2ccncc2)CCCN1. The standard InChI is InChI=1S/C15H23N3O/c1-12(2)10-14-11-18(9-3-6-17-14)15(19)13-4-7-16-8-5-13/h4-5,7-8,12,14,17H,3,6,9-11H2,1-2H3. The number of carbonyl (C=O) groups excluding carboxylic acids is 1. The van der Waals surface area contributed by atoms with Crippen molar-refractivity contribution in [3.63, 3.8) is 0 Å². The van der Waals surface area contributed by atoms with Gasteiger partial charge in [-0.05, 0) is 37.4 Å². The van der Waals surface area contributed by atoms with Gasteiger partial charge in [0.1, 0.15) is 0 Å². The molecule has 4 heteroatoms. The molecule has 0 spiro atoms. The predicted molar refractivity (Wildman–Crippen MR) is 76.0 cm³/mol. The largest absolute Gasteiger partial charge is 0.337 e. The maximum Gasteiger partial charge on any atom is 0.254 e. The van der Waals surface area contributed by atoms with Crippen molar-refractivity contribution in [3.8, 4) is 0 Å². The Labute approximate surface area is 115 Å². The summed E-state index contributed by atoms with van der Waals surface area (Å²) < 4.78 is 0. The van der Waals surface area contributed by atoms with E-state index in [0.29, 0.717) is 12.0 Å². The predicted octanol–water partition coefficient (Wildman–Crippen LogP) is 1.93. The minimum atomic E-state index is 0.125. The molecule has 1 aliphatic rings. The van der Waals surface area contributed by atoms with Gasteiger partial charge in [-0.2, -0.15) is 0 Å². The number of nitrogens with one attached hydrogen (secondary N) is 1. The molecule has 0 saturated carbocycles. The van der Waals surface area contributed by atoms with E-state index >= 15 is 0 Å². The molecule has 0 radical (unpaired) electrons. The topological polar surface area (TPSA) is 45.2 Å². The molecule has 19 heavy (non-hydrogen) atoms. The number of hydrogen-bond acceptors (Lipinski definition) is 3. The van der Waals surface area contributed by atoms with Gasteiger partial charge in [0.2, 0.25) is 0 Å². The van der Waals surface area contributed by atoms with E-state index < -0.39 is 0 Å². The van der Waals surface area contributed by atoms with Crippen LogP contribution in [0.25, 0.3) is 0 Å². The molecule has 2 heterocycles. The number of rotatable bonds is 3. The summed E-state index contributed by atoms with van der Waals surface area (Å²) in [5.74, 6) is 0.772. The summed E-state index contributed by atoms with van der Waals surface area (Å²) in [4.78, 5) is 18.4. The van der Waals surface area contributed by atoms with Crippen molar-refractivity contribution >= 4 is 5.91 Å². The molecule has 1 aromatic heterocycles. The molecule has 104 valence electrons. The van der Waals surface area contributed by atoms with E-state index in [2.05, 4.69) is 24.1 Å². The maximum absolute atomic E-state index is 12.5. The van der Waals surface area contributed by atoms with Crippen molar-refractivity contribution in [2.45, 2.75) is 32.7 Å². The second-order valence-electron chi connectivity index (χ2n) is 5.62. The number of aromatic nitrogens is 1. The summed E-state index contributed by atoms with van der Waals surface area (Å²) in [7, 11) is 0. The van der Waals surface area contributed by atoms with Crippen LogP contribution < -0.4 is 5.32 Å². The molecule has 1 aliphatic heterocycles. The van der Waals surface area contributed by atoms with Crippen molar-refractivity contribution in [2.75, 3.05) is 19.6 Å². The van der Waals surface area contributed by atoms with Gasteiger partial charge in [-0.3, -0.25) is 9.78 Å². The molecular weight excluding hydrogens is 238 g/mol. The third-order valence-corrected chi connectivity index (χ3v) is 3.45. The highest BCUT2D eigenvalue weighted by Crippen LogP contribution is 2.12. The third-order valence-electron chi connectivity index (χ3n) is 3.45. The van der Waals surface area contributed by atoms with Crippen LogP contribution in [0.4, 0.5) is 0 Å². The molecule has 2 rings (SSSR count). The van der Waals surface area contributed by atoms with Crippen LogP contribution in [0.1, 0.15) is 37.0 Å². The van der Waals surface area contributed by atoms with Gasteiger partial charge in [0.05, 0.1) is 0 Å². The van der Waals surface area contributed by atoms with E-state index in [0.717, 1.165) is 38.0 Å². The molecule has 0 bridgehead atoms. The second-order valence-corrected chi connectivity index (χ2v) is 5.62. The van der Waals surface area contributed by atoms with Crippen molar-refractivity contribution in [1.82, 2.24) is 15.2 Å². The van der Waals surface area contributed by atoms with E-state index in [-0.39, 0.29) is 5.91 Å². The summed E-state index contributed by atoms with van der Waals surface area (Å²) in [6.45, 7) is 7.09. The van der Waals surface area contributed by atoms with Gasteiger partial charge in [0.25, 0.3) is 5.91 Å². The zero-order valence-electron chi connectivity index (χ0n) is 11.8. The molecule has 1 N–H and O–H groups in total. The van der Waals surface area contributed by atoms with Crippen molar-refractivity contribution in [2.24, 2.45) is 5.92 Å². The summed E-state index contributed by atoms with van der Waals surface area (Å²) >= 11 is 0. The Morgan fingerprint density at radius 1 is 1.47 bits per heavy atom. The highest BCUT2D eigenvalue weighted by Gasteiger charge is 2.22. The Morgan fingerprint density at radius 3 is 2.89 bits per heavy atom. The Bertz CT molecular complexity index is 405. The zero-order chi connectivity index (χ0) is 13.7. The lowest BCUT2D eigenvalue weighted by Crippen LogP contribution is -2.41. The smallest absolute Gasteiger partial charge is 0.254 e. The monoisotopic (exact) mass is 261 g/mol. The maximum atomic E-state index is 12.5. The van der Waals surface area contributed by atoms with Crippen LogP contribution in [-0.2, 0) is 0 Å². The molecule has 1 unspecified atom stereocenters. The molecule has 1 saturated heterocycles. The average Bonchev–Trinajstić information content (AvgIpc) is 2.64. The van der Waals surface area contributed by atoms with Crippen LogP contribution in [-0.4, -0.2) is 41.5 Å². The van der Waals surface area contributed by atoms with Crippen LogP contribution >= 0.6 is 0 Å². The fourth-order valence-electron chi connectivity index (χ4n) is 2.59. The lowest BCUT2D eigenvalue weighted by atomic mass is 10.0. The zero-order valence-corrected chi connectivity index (χ0v) is 11.8. The fourth-order valence-corrected chi connectivity index (χ4v) is 2.59. The molecular formula is C15H23N3O. The molecule has 1 aromatic rings. The number of hydrogen-bond donors (Lipinski definition) is 1. The van der Waals surface area contributed by atoms with Crippen molar-refractivity contribution in [3.05, 3.63) is 30.1 Å². The van der Waals surface area contributed by atoms with E-state index in [4.69, 9.17) is 0 Å². The van der Waals surface area contributed by atoms with E-state index in [1.54, 1.807) is 24.5 Å². The van der Waals surface area contributed by atoms with Crippen LogP contribution in [0.3, 0.4) is 0 Å². The summed E-state index contributed by atoms with van der Waals surface area (Å²) in [6, 6.07) is 3.99. The van der Waals surface area contributed by atoms with Crippen LogP contribution in [0.2, 0.25) is 0 Å². The molecule has 0 aliphatic carbocycles. The molecule has 1 fully saturated rings. The minimum Gasteiger partial charge on any atom is -0.337 e. The molecule has 1 atom stereocenters. The molecule has 4 nitrogen and oxygen atoms in total. The molecule has 0 aromatic carbocycles. The first kappa shape index (κ1) is 14.0. The Balaban J connectivity index is 2.03. The van der Waals surface area contributed by atoms with Gasteiger partial charge in [0.15, 0.2) is 0 Å². The Kier molecular flexibility index (Phi) is 4.91. The number of carbonyl (C=O) groups is 1. The normalized spacial score (nSPS) is 20.4.